The van der Waals surface area contributed by atoms with Crippen LogP contribution in [0.5, 0.6) is 0 Å². The van der Waals surface area contributed by atoms with E-state index < -0.39 is 0 Å². The van der Waals surface area contributed by atoms with Crippen LogP contribution >= 0.6 is 23.4 Å². The summed E-state index contributed by atoms with van der Waals surface area (Å²) in [6, 6.07) is 7.54. The van der Waals surface area contributed by atoms with Crippen LogP contribution in [0.2, 0.25) is 5.15 Å². The number of carbonyl (C=O) groups excluding carboxylic acids is 2. The molecule has 2 aromatic rings. The molecule has 10 heteroatoms. The molecule has 0 saturated carbocycles. The molecule has 1 N–H and O–H groups in total. The summed E-state index contributed by atoms with van der Waals surface area (Å²) in [6.07, 6.45) is 2.93. The second-order valence-electron chi connectivity index (χ2n) is 7.28. The van der Waals surface area contributed by atoms with Gasteiger partial charge in [-0.3, -0.25) is 14.6 Å². The Morgan fingerprint density at radius 2 is 2.13 bits per heavy atom. The molecule has 3 heterocycles. The van der Waals surface area contributed by atoms with Crippen LogP contribution in [0.3, 0.4) is 0 Å². The molecule has 1 aliphatic rings. The van der Waals surface area contributed by atoms with E-state index in [0.717, 1.165) is 5.69 Å². The van der Waals surface area contributed by atoms with Crippen molar-refractivity contribution < 1.29 is 9.59 Å². The number of nitrogens with zero attached hydrogens (tertiary/aromatic N) is 5. The maximum atomic E-state index is 12.2. The quantitative estimate of drug-likeness (QED) is 0.366. The third-order valence-electron chi connectivity index (χ3n) is 5.00. The summed E-state index contributed by atoms with van der Waals surface area (Å²) in [5, 5.41) is 3.68. The predicted molar refractivity (Wildman–Crippen MR) is 122 cm³/mol. The van der Waals surface area contributed by atoms with Gasteiger partial charge in [-0.05, 0) is 19.1 Å². The maximum Gasteiger partial charge on any atom is 0.230 e. The Bertz CT molecular complexity index is 901. The lowest BCUT2D eigenvalue weighted by Gasteiger charge is -2.40. The number of anilines is 1. The third-order valence-corrected chi connectivity index (χ3v) is 6.04. The highest BCUT2D eigenvalue weighted by Gasteiger charge is 2.27. The lowest BCUT2D eigenvalue weighted by molar-refractivity contribution is -0.133. The van der Waals surface area contributed by atoms with Crippen LogP contribution in [-0.4, -0.2) is 69.6 Å². The standard InChI is InChI=1S/C21H27ClN6O2S/c1-3-20(30)28-11-10-27(13-15(28)2)18-12-17(22)25-21(26-18)31-14-19(29)24-9-7-16-6-4-5-8-23-16/h4-6,8,12,15H,3,7,9-11,13-14H2,1-2H3,(H,24,29). The smallest absolute Gasteiger partial charge is 0.230 e. The van der Waals surface area contributed by atoms with Crippen LogP contribution in [0, 0.1) is 0 Å². The van der Waals surface area contributed by atoms with Crippen LogP contribution in [-0.2, 0) is 16.0 Å². The molecule has 0 radical (unpaired) electrons. The Morgan fingerprint density at radius 1 is 1.29 bits per heavy atom. The summed E-state index contributed by atoms with van der Waals surface area (Å²) in [5.41, 5.74) is 0.938. The number of carbonyl (C=O) groups is 2. The van der Waals surface area contributed by atoms with E-state index in [-0.39, 0.29) is 23.6 Å². The minimum absolute atomic E-state index is 0.0913. The van der Waals surface area contributed by atoms with Crippen molar-refractivity contribution in [2.45, 2.75) is 37.9 Å². The van der Waals surface area contributed by atoms with E-state index in [0.29, 0.717) is 55.1 Å². The average Bonchev–Trinajstić information content (AvgIpc) is 2.77. The van der Waals surface area contributed by atoms with Crippen molar-refractivity contribution in [3.63, 3.8) is 0 Å². The molecule has 2 amide bonds. The summed E-state index contributed by atoms with van der Waals surface area (Å²) in [5.74, 6) is 0.995. The maximum absolute atomic E-state index is 12.2. The Balaban J connectivity index is 1.51. The molecule has 0 spiro atoms. The lowest BCUT2D eigenvalue weighted by Crippen LogP contribution is -2.54. The molecular weight excluding hydrogens is 436 g/mol. The number of pyridine rings is 1. The van der Waals surface area contributed by atoms with Crippen molar-refractivity contribution in [2.24, 2.45) is 0 Å². The highest BCUT2D eigenvalue weighted by molar-refractivity contribution is 7.99. The summed E-state index contributed by atoms with van der Waals surface area (Å²) in [6.45, 7) is 6.45. The number of piperazine rings is 1. The highest BCUT2D eigenvalue weighted by Crippen LogP contribution is 2.24. The molecule has 1 atom stereocenters. The van der Waals surface area contributed by atoms with Gasteiger partial charge in [-0.15, -0.1) is 0 Å². The van der Waals surface area contributed by atoms with Crippen LogP contribution in [0.1, 0.15) is 26.0 Å². The van der Waals surface area contributed by atoms with Gasteiger partial charge >= 0.3 is 0 Å². The van der Waals surface area contributed by atoms with Gasteiger partial charge in [0, 0.05) is 63.0 Å². The van der Waals surface area contributed by atoms with E-state index >= 15 is 0 Å². The Labute approximate surface area is 191 Å². The number of amides is 2. The van der Waals surface area contributed by atoms with Crippen molar-refractivity contribution in [3.05, 3.63) is 41.3 Å². The minimum atomic E-state index is -0.0913. The first-order chi connectivity index (χ1) is 15.0. The van der Waals surface area contributed by atoms with E-state index in [9.17, 15) is 9.59 Å². The van der Waals surface area contributed by atoms with Gasteiger partial charge in [-0.1, -0.05) is 36.4 Å². The van der Waals surface area contributed by atoms with Crippen LogP contribution < -0.4 is 10.2 Å². The van der Waals surface area contributed by atoms with Gasteiger partial charge in [0.25, 0.3) is 0 Å². The Hall–Kier alpha value is -2.39. The molecule has 0 aliphatic carbocycles. The van der Waals surface area contributed by atoms with Crippen molar-refractivity contribution >= 4 is 41.0 Å². The molecule has 1 aliphatic heterocycles. The molecule has 31 heavy (non-hydrogen) atoms. The second kappa shape index (κ2) is 11.3. The summed E-state index contributed by atoms with van der Waals surface area (Å²) < 4.78 is 0. The number of nitrogens with one attached hydrogen (secondary N) is 1. The first kappa shape index (κ1) is 23.3. The first-order valence-electron chi connectivity index (χ1n) is 10.3. The molecule has 3 rings (SSSR count). The monoisotopic (exact) mass is 462 g/mol. The predicted octanol–water partition coefficient (Wildman–Crippen LogP) is 2.42. The average molecular weight is 463 g/mol. The fourth-order valence-electron chi connectivity index (χ4n) is 3.41. The van der Waals surface area contributed by atoms with Crippen LogP contribution in [0.25, 0.3) is 0 Å². The number of aromatic nitrogens is 3. The molecular formula is C21H27ClN6O2S. The van der Waals surface area contributed by atoms with Crippen molar-refractivity contribution in [3.8, 4) is 0 Å². The van der Waals surface area contributed by atoms with E-state index in [4.69, 9.17) is 11.6 Å². The van der Waals surface area contributed by atoms with Crippen molar-refractivity contribution in [1.82, 2.24) is 25.2 Å². The number of halogens is 1. The summed E-state index contributed by atoms with van der Waals surface area (Å²) in [4.78, 5) is 41.3. The molecule has 1 unspecified atom stereocenters. The summed E-state index contributed by atoms with van der Waals surface area (Å²) in [7, 11) is 0. The van der Waals surface area contributed by atoms with Crippen molar-refractivity contribution in [2.75, 3.05) is 36.8 Å². The van der Waals surface area contributed by atoms with Gasteiger partial charge in [-0.2, -0.15) is 0 Å². The van der Waals surface area contributed by atoms with E-state index in [1.54, 1.807) is 12.3 Å². The number of thioether (sulfide) groups is 1. The number of rotatable bonds is 8. The molecule has 1 saturated heterocycles. The zero-order chi connectivity index (χ0) is 22.2. The second-order valence-corrected chi connectivity index (χ2v) is 8.61. The Kier molecular flexibility index (Phi) is 8.48. The molecule has 0 bridgehead atoms. The number of hydrogen-bond acceptors (Lipinski definition) is 7. The molecule has 1 fully saturated rings. The first-order valence-corrected chi connectivity index (χ1v) is 11.7. The van der Waals surface area contributed by atoms with Crippen molar-refractivity contribution in [1.29, 1.82) is 0 Å². The van der Waals surface area contributed by atoms with E-state index in [2.05, 4.69) is 25.2 Å². The fourth-order valence-corrected chi connectivity index (χ4v) is 4.32. The fraction of sp³-hybridized carbons (Fsp3) is 0.476. The zero-order valence-corrected chi connectivity index (χ0v) is 19.3. The molecule has 166 valence electrons. The van der Waals surface area contributed by atoms with Gasteiger partial charge in [0.05, 0.1) is 5.75 Å². The van der Waals surface area contributed by atoms with E-state index in [1.165, 1.54) is 11.8 Å². The molecule has 8 nitrogen and oxygen atoms in total. The minimum Gasteiger partial charge on any atom is -0.355 e. The third kappa shape index (κ3) is 6.80. The number of hydrogen-bond donors (Lipinski definition) is 1. The normalized spacial score (nSPS) is 16.3. The van der Waals surface area contributed by atoms with Crippen LogP contribution in [0.15, 0.2) is 35.6 Å². The Morgan fingerprint density at radius 3 is 2.84 bits per heavy atom. The van der Waals surface area contributed by atoms with Gasteiger partial charge in [0.1, 0.15) is 11.0 Å². The van der Waals surface area contributed by atoms with Crippen LogP contribution in [0.4, 0.5) is 5.82 Å². The van der Waals surface area contributed by atoms with Gasteiger partial charge in [0.15, 0.2) is 5.16 Å². The SMILES string of the molecule is CCC(=O)N1CCN(c2cc(Cl)nc(SCC(=O)NCCc3ccccn3)n2)CC1C. The topological polar surface area (TPSA) is 91.3 Å². The summed E-state index contributed by atoms with van der Waals surface area (Å²) >= 11 is 7.46. The van der Waals surface area contributed by atoms with Gasteiger partial charge < -0.3 is 15.1 Å². The molecule has 2 aromatic heterocycles. The lowest BCUT2D eigenvalue weighted by atomic mass is 10.1. The zero-order valence-electron chi connectivity index (χ0n) is 17.8. The van der Waals surface area contributed by atoms with Gasteiger partial charge in [-0.25, -0.2) is 9.97 Å². The highest BCUT2D eigenvalue weighted by atomic mass is 35.5. The van der Waals surface area contributed by atoms with Gasteiger partial charge in [0.2, 0.25) is 11.8 Å². The van der Waals surface area contributed by atoms with E-state index in [1.807, 2.05) is 36.9 Å². The molecule has 0 aromatic carbocycles. The largest absolute Gasteiger partial charge is 0.355 e.